The Morgan fingerprint density at radius 1 is 1.03 bits per heavy atom. The summed E-state index contributed by atoms with van der Waals surface area (Å²) in [7, 11) is -4.14. The summed E-state index contributed by atoms with van der Waals surface area (Å²) in [6.45, 7) is 1.48. The summed E-state index contributed by atoms with van der Waals surface area (Å²) in [4.78, 5) is 13.3. The van der Waals surface area contributed by atoms with Gasteiger partial charge in [0.05, 0.1) is 22.9 Å². The highest BCUT2D eigenvalue weighted by Gasteiger charge is 2.34. The minimum Gasteiger partial charge on any atom is -0.313 e. The van der Waals surface area contributed by atoms with Gasteiger partial charge >= 0.3 is 6.18 Å². The molecule has 0 radical (unpaired) electrons. The van der Waals surface area contributed by atoms with Crippen molar-refractivity contribution in [1.29, 1.82) is 0 Å². The van der Waals surface area contributed by atoms with E-state index in [4.69, 9.17) is 0 Å². The van der Waals surface area contributed by atoms with Gasteiger partial charge in [-0.1, -0.05) is 30.0 Å². The molecule has 0 spiro atoms. The van der Waals surface area contributed by atoms with Gasteiger partial charge in [-0.15, -0.1) is 4.40 Å². The largest absolute Gasteiger partial charge is 0.435 e. The number of carbonyl (C=O) groups excluding carboxylic acids is 1. The summed E-state index contributed by atoms with van der Waals surface area (Å²) in [6, 6.07) is 15.0. The lowest BCUT2D eigenvalue weighted by Gasteiger charge is -2.28. The van der Waals surface area contributed by atoms with Crippen molar-refractivity contribution in [2.75, 3.05) is 17.2 Å². The molecule has 3 aromatic rings. The molecule has 0 saturated carbocycles. The highest BCUT2D eigenvalue weighted by Crippen LogP contribution is 2.30. The van der Waals surface area contributed by atoms with Crippen LogP contribution in [0.3, 0.4) is 0 Å². The Bertz CT molecular complexity index is 1320. The van der Waals surface area contributed by atoms with Gasteiger partial charge in [0.2, 0.25) is 0 Å². The lowest BCUT2D eigenvalue weighted by molar-refractivity contribution is -0.141. The van der Waals surface area contributed by atoms with Gasteiger partial charge in [0.1, 0.15) is 0 Å². The molecule has 1 aliphatic heterocycles. The number of para-hydroxylation sites is 1. The van der Waals surface area contributed by atoms with Crippen LogP contribution < -0.4 is 4.90 Å². The molecule has 1 aromatic heterocycles. The molecule has 2 heterocycles. The molecule has 1 aliphatic rings. The monoisotopic (exact) mass is 494 g/mol. The molecule has 4 rings (SSSR count). The van der Waals surface area contributed by atoms with E-state index < -0.39 is 21.9 Å². The van der Waals surface area contributed by atoms with E-state index in [1.54, 1.807) is 30.3 Å². The summed E-state index contributed by atoms with van der Waals surface area (Å²) in [6.07, 6.45) is -4.58. The van der Waals surface area contributed by atoms with Gasteiger partial charge in [-0.25, -0.2) is 4.68 Å². The average molecular weight is 495 g/mol. The fourth-order valence-corrected chi connectivity index (χ4v) is 5.29. The zero-order valence-electron chi connectivity index (χ0n) is 17.2. The maximum Gasteiger partial charge on any atom is 0.435 e. The second kappa shape index (κ2) is 8.67. The topological polar surface area (TPSA) is 84.6 Å². The number of halogens is 3. The number of benzene rings is 2. The molecule has 0 amide bonds. The van der Waals surface area contributed by atoms with E-state index in [1.807, 2.05) is 0 Å². The van der Waals surface area contributed by atoms with Crippen LogP contribution in [0.4, 0.5) is 18.9 Å². The lowest BCUT2D eigenvalue weighted by Crippen LogP contribution is -2.40. The highest BCUT2D eigenvalue weighted by atomic mass is 32.2. The quantitative estimate of drug-likeness (QED) is 0.544. The first kappa shape index (κ1) is 23.1. The SMILES string of the molecule is Cc1cc(C(F)(F)F)nn1-c1ccc(S(=O)(=O)/N=C2\SCC(=O)CN2c2ccccc2)cc1. The maximum absolute atomic E-state index is 12.9. The minimum atomic E-state index is -4.58. The van der Waals surface area contributed by atoms with Crippen molar-refractivity contribution >= 4 is 38.4 Å². The number of alkyl halides is 3. The van der Waals surface area contributed by atoms with Crippen LogP contribution >= 0.6 is 11.8 Å². The van der Waals surface area contributed by atoms with Gasteiger partial charge in [-0.3, -0.25) is 4.79 Å². The number of hydrogen-bond donors (Lipinski definition) is 0. The zero-order valence-corrected chi connectivity index (χ0v) is 18.8. The molecule has 7 nitrogen and oxygen atoms in total. The Hall–Kier alpha value is -3.12. The fraction of sp³-hybridized carbons (Fsp3) is 0.190. The molecule has 12 heteroatoms. The summed E-state index contributed by atoms with van der Waals surface area (Å²) in [5.41, 5.74) is 0.128. The van der Waals surface area contributed by atoms with Gasteiger partial charge in [0, 0.05) is 11.4 Å². The third kappa shape index (κ3) is 4.96. The molecule has 0 bridgehead atoms. The number of nitrogens with zero attached hydrogens (tertiary/aromatic N) is 4. The Morgan fingerprint density at radius 3 is 2.30 bits per heavy atom. The van der Waals surface area contributed by atoms with Crippen LogP contribution in [-0.4, -0.2) is 41.4 Å². The second-order valence-corrected chi connectivity index (χ2v) is 9.72. The van der Waals surface area contributed by atoms with E-state index in [1.165, 1.54) is 36.1 Å². The number of anilines is 1. The van der Waals surface area contributed by atoms with Gasteiger partial charge < -0.3 is 4.90 Å². The van der Waals surface area contributed by atoms with Gasteiger partial charge in [-0.05, 0) is 49.4 Å². The van der Waals surface area contributed by atoms with Gasteiger partial charge in [0.15, 0.2) is 16.6 Å². The van der Waals surface area contributed by atoms with Crippen molar-refractivity contribution in [3.63, 3.8) is 0 Å². The molecule has 0 aliphatic carbocycles. The predicted octanol–water partition coefficient (Wildman–Crippen LogP) is 4.07. The molecule has 0 unspecified atom stereocenters. The van der Waals surface area contributed by atoms with E-state index in [0.717, 1.165) is 22.5 Å². The summed E-state index contributed by atoms with van der Waals surface area (Å²) >= 11 is 1.03. The van der Waals surface area contributed by atoms with Crippen LogP contribution in [0, 0.1) is 6.92 Å². The van der Waals surface area contributed by atoms with E-state index in [0.29, 0.717) is 5.69 Å². The lowest BCUT2D eigenvalue weighted by atomic mass is 10.3. The number of rotatable bonds is 4. The Labute approximate surface area is 192 Å². The number of carbonyl (C=O) groups is 1. The normalized spacial score (nSPS) is 16.4. The smallest absolute Gasteiger partial charge is 0.313 e. The van der Waals surface area contributed by atoms with Crippen LogP contribution in [0.5, 0.6) is 0 Å². The predicted molar refractivity (Wildman–Crippen MR) is 119 cm³/mol. The number of ketones is 1. The maximum atomic E-state index is 12.9. The number of thioether (sulfide) groups is 1. The van der Waals surface area contributed by atoms with Crippen LogP contribution in [-0.2, 0) is 21.0 Å². The van der Waals surface area contributed by atoms with Gasteiger partial charge in [-0.2, -0.15) is 26.7 Å². The van der Waals surface area contributed by atoms with Crippen LogP contribution in [0.1, 0.15) is 11.4 Å². The van der Waals surface area contributed by atoms with E-state index >= 15 is 0 Å². The van der Waals surface area contributed by atoms with Crippen LogP contribution in [0.25, 0.3) is 5.69 Å². The fourth-order valence-electron chi connectivity index (χ4n) is 3.19. The van der Waals surface area contributed by atoms with Crippen molar-refractivity contribution in [2.24, 2.45) is 4.40 Å². The molecular weight excluding hydrogens is 477 g/mol. The molecular formula is C21H17F3N4O3S2. The molecule has 33 heavy (non-hydrogen) atoms. The van der Waals surface area contributed by atoms with E-state index in [-0.39, 0.29) is 39.5 Å². The summed E-state index contributed by atoms with van der Waals surface area (Å²) in [5, 5.41) is 3.73. The number of Topliss-reactive ketones (excluding diaryl/α,β-unsaturated/α-hetero) is 1. The number of aromatic nitrogens is 2. The first-order chi connectivity index (χ1) is 15.5. The van der Waals surface area contributed by atoms with E-state index in [2.05, 4.69) is 9.50 Å². The van der Waals surface area contributed by atoms with Crippen molar-refractivity contribution in [1.82, 2.24) is 9.78 Å². The Morgan fingerprint density at radius 2 is 1.70 bits per heavy atom. The van der Waals surface area contributed by atoms with Crippen molar-refractivity contribution in [3.8, 4) is 5.69 Å². The number of hydrogen-bond acceptors (Lipinski definition) is 5. The number of amidine groups is 1. The summed E-state index contributed by atoms with van der Waals surface area (Å²) in [5.74, 6) is 0.0499. The third-order valence-electron chi connectivity index (χ3n) is 4.75. The Balaban J connectivity index is 1.64. The molecule has 172 valence electrons. The van der Waals surface area contributed by atoms with Gasteiger partial charge in [0.25, 0.3) is 10.0 Å². The molecule has 0 atom stereocenters. The molecule has 1 fully saturated rings. The molecule has 0 N–H and O–H groups in total. The molecule has 2 aromatic carbocycles. The minimum absolute atomic E-state index is 0.00438. The first-order valence-electron chi connectivity index (χ1n) is 9.61. The first-order valence-corrected chi connectivity index (χ1v) is 12.0. The Kier molecular flexibility index (Phi) is 6.06. The van der Waals surface area contributed by atoms with Crippen LogP contribution in [0.15, 0.2) is 70.0 Å². The molecule has 1 saturated heterocycles. The van der Waals surface area contributed by atoms with Crippen molar-refractivity contribution in [3.05, 3.63) is 72.1 Å². The number of sulfonamides is 1. The third-order valence-corrected chi connectivity index (χ3v) is 7.18. The average Bonchev–Trinajstić information content (AvgIpc) is 3.18. The number of aryl methyl sites for hydroxylation is 1. The summed E-state index contributed by atoms with van der Waals surface area (Å²) < 4.78 is 69.6. The van der Waals surface area contributed by atoms with Crippen molar-refractivity contribution in [2.45, 2.75) is 18.0 Å². The highest BCUT2D eigenvalue weighted by molar-refractivity contribution is 8.15. The van der Waals surface area contributed by atoms with Crippen molar-refractivity contribution < 1.29 is 26.4 Å². The van der Waals surface area contributed by atoms with Crippen LogP contribution in [0.2, 0.25) is 0 Å². The zero-order chi connectivity index (χ0) is 23.8. The van der Waals surface area contributed by atoms with E-state index in [9.17, 15) is 26.4 Å². The standard InChI is InChI=1S/C21H17F3N4O3S2/c1-14-11-19(21(22,23)24)25-28(14)16-7-9-18(10-8-16)33(30,31)26-20-27(12-17(29)13-32-20)15-5-3-2-4-6-15/h2-11H,12-13H2,1H3/b26-20-. The second-order valence-electron chi connectivity index (χ2n) is 7.17.